The van der Waals surface area contributed by atoms with Gasteiger partial charge in [0.1, 0.15) is 0 Å². The molecule has 0 nitrogen and oxygen atoms in total. The Bertz CT molecular complexity index is 317. The summed E-state index contributed by atoms with van der Waals surface area (Å²) in [5.74, 6) is 0. The summed E-state index contributed by atoms with van der Waals surface area (Å²) in [6.45, 7) is 2.23. The Kier molecular flexibility index (Phi) is 3.17. The summed E-state index contributed by atoms with van der Waals surface area (Å²) in [7, 11) is 0. The molecule has 1 aromatic carbocycles. The lowest BCUT2D eigenvalue weighted by Crippen LogP contribution is -2.15. The molecule has 1 unspecified atom stereocenters. The minimum Gasteiger partial charge on any atom is -0.162 e. The molecule has 1 aliphatic carbocycles. The molecule has 0 bridgehead atoms. The first-order valence-corrected chi connectivity index (χ1v) is 6.75. The van der Waals surface area contributed by atoms with E-state index in [9.17, 15) is 0 Å². The zero-order chi connectivity index (χ0) is 9.97. The molecule has 0 radical (unpaired) electrons. The van der Waals surface area contributed by atoms with Crippen molar-refractivity contribution in [2.24, 2.45) is 0 Å². The fraction of sp³-hybridized carbons (Fsp3) is 0.538. The van der Waals surface area contributed by atoms with Crippen molar-refractivity contribution in [1.82, 2.24) is 0 Å². The van der Waals surface area contributed by atoms with Crippen molar-refractivity contribution in [2.45, 2.75) is 37.9 Å². The zero-order valence-corrected chi connectivity index (χ0v) is 9.86. The van der Waals surface area contributed by atoms with Crippen molar-refractivity contribution in [3.63, 3.8) is 0 Å². The molecule has 0 aromatic heterocycles. The van der Waals surface area contributed by atoms with Crippen molar-refractivity contribution in [3.8, 4) is 0 Å². The average Bonchev–Trinajstić information content (AvgIpc) is 2.27. The summed E-state index contributed by atoms with van der Waals surface area (Å²) >= 11 is 2.02. The van der Waals surface area contributed by atoms with Gasteiger partial charge in [0.15, 0.2) is 0 Å². The molecule has 1 atom stereocenters. The minimum atomic E-state index is 0.856. The molecule has 0 fully saturated rings. The second-order valence-electron chi connectivity index (χ2n) is 4.06. The summed E-state index contributed by atoms with van der Waals surface area (Å²) in [5, 5.41) is 0.856. The molecule has 14 heavy (non-hydrogen) atoms. The molecule has 0 spiro atoms. The number of aryl methyl sites for hydroxylation is 2. The number of thioether (sulfide) groups is 1. The highest BCUT2D eigenvalue weighted by molar-refractivity contribution is 7.99. The number of rotatable bonds is 2. The number of hydrogen-bond donors (Lipinski definition) is 0. The number of benzene rings is 1. The van der Waals surface area contributed by atoms with Gasteiger partial charge in [0.05, 0.1) is 0 Å². The van der Waals surface area contributed by atoms with Crippen LogP contribution in [0, 0.1) is 0 Å². The van der Waals surface area contributed by atoms with Crippen LogP contribution in [0.3, 0.4) is 0 Å². The van der Waals surface area contributed by atoms with Gasteiger partial charge in [0.25, 0.3) is 0 Å². The predicted molar refractivity (Wildman–Crippen MR) is 65.1 cm³/mol. The largest absolute Gasteiger partial charge is 0.162 e. The maximum absolute atomic E-state index is 2.41. The monoisotopic (exact) mass is 206 g/mol. The Balaban J connectivity index is 2.23. The summed E-state index contributed by atoms with van der Waals surface area (Å²) in [4.78, 5) is 0. The van der Waals surface area contributed by atoms with E-state index in [0.29, 0.717) is 0 Å². The smallest absolute Gasteiger partial charge is 0.00879 e. The Morgan fingerprint density at radius 1 is 1.36 bits per heavy atom. The second-order valence-corrected chi connectivity index (χ2v) is 5.20. The number of fused-ring (bicyclic) bond motifs is 1. The minimum absolute atomic E-state index is 0.856. The van der Waals surface area contributed by atoms with Crippen LogP contribution in [0.4, 0.5) is 0 Å². The van der Waals surface area contributed by atoms with Gasteiger partial charge in [-0.15, -0.1) is 0 Å². The first-order chi connectivity index (χ1) is 6.83. The highest BCUT2D eigenvalue weighted by Crippen LogP contribution is 2.28. The Labute approximate surface area is 91.1 Å². The fourth-order valence-electron chi connectivity index (χ4n) is 2.20. The molecule has 1 aromatic rings. The van der Waals surface area contributed by atoms with Gasteiger partial charge in [-0.25, -0.2) is 0 Å². The Morgan fingerprint density at radius 3 is 2.93 bits per heavy atom. The topological polar surface area (TPSA) is 0 Å². The summed E-state index contributed by atoms with van der Waals surface area (Å²) in [6.07, 6.45) is 7.33. The molecule has 2 rings (SSSR count). The van der Waals surface area contributed by atoms with Gasteiger partial charge >= 0.3 is 0 Å². The molecule has 0 N–H and O–H groups in total. The summed E-state index contributed by atoms with van der Waals surface area (Å²) in [6, 6.07) is 7.05. The van der Waals surface area contributed by atoms with Crippen LogP contribution < -0.4 is 0 Å². The van der Waals surface area contributed by atoms with Crippen molar-refractivity contribution in [1.29, 1.82) is 0 Å². The van der Waals surface area contributed by atoms with Crippen LogP contribution in [0.1, 0.15) is 30.0 Å². The highest BCUT2D eigenvalue weighted by atomic mass is 32.2. The van der Waals surface area contributed by atoms with E-state index in [1.54, 1.807) is 11.1 Å². The molecule has 1 heteroatoms. The maximum Gasteiger partial charge on any atom is 0.00879 e. The predicted octanol–water partition coefficient (Wildman–Crippen LogP) is 3.47. The molecule has 1 aliphatic rings. The molecule has 0 aliphatic heterocycles. The SMILES string of the molecule is CCc1ccc2c(c1)CCC(SC)C2. The maximum atomic E-state index is 2.41. The molecule has 76 valence electrons. The van der Waals surface area contributed by atoms with E-state index in [-0.39, 0.29) is 0 Å². The Morgan fingerprint density at radius 2 is 2.21 bits per heavy atom. The molecule has 0 heterocycles. The first-order valence-electron chi connectivity index (χ1n) is 5.47. The quantitative estimate of drug-likeness (QED) is 0.714. The third kappa shape index (κ3) is 1.98. The van der Waals surface area contributed by atoms with Crippen LogP contribution in [0.25, 0.3) is 0 Å². The van der Waals surface area contributed by atoms with Gasteiger partial charge in [-0.3, -0.25) is 0 Å². The van der Waals surface area contributed by atoms with Crippen molar-refractivity contribution >= 4 is 11.8 Å². The van der Waals surface area contributed by atoms with Crippen molar-refractivity contribution < 1.29 is 0 Å². The van der Waals surface area contributed by atoms with E-state index in [4.69, 9.17) is 0 Å². The van der Waals surface area contributed by atoms with Gasteiger partial charge in [-0.1, -0.05) is 25.1 Å². The summed E-state index contributed by atoms with van der Waals surface area (Å²) < 4.78 is 0. The van der Waals surface area contributed by atoms with Gasteiger partial charge in [0.2, 0.25) is 0 Å². The fourth-order valence-corrected chi connectivity index (χ4v) is 2.90. The van der Waals surface area contributed by atoms with Crippen LogP contribution in [-0.2, 0) is 19.3 Å². The zero-order valence-electron chi connectivity index (χ0n) is 9.05. The lowest BCUT2D eigenvalue weighted by atomic mass is 9.90. The molecule has 0 amide bonds. The van der Waals surface area contributed by atoms with Gasteiger partial charge in [-0.2, -0.15) is 11.8 Å². The third-order valence-corrected chi connectivity index (χ3v) is 4.26. The van der Waals surface area contributed by atoms with E-state index in [1.807, 2.05) is 11.8 Å². The van der Waals surface area contributed by atoms with E-state index >= 15 is 0 Å². The lowest BCUT2D eigenvalue weighted by Gasteiger charge is -2.23. The summed E-state index contributed by atoms with van der Waals surface area (Å²) in [5.41, 5.74) is 4.69. The van der Waals surface area contributed by atoms with Crippen molar-refractivity contribution in [2.75, 3.05) is 6.26 Å². The first kappa shape index (κ1) is 10.1. The van der Waals surface area contributed by atoms with Gasteiger partial charge < -0.3 is 0 Å². The third-order valence-electron chi connectivity index (χ3n) is 3.20. The average molecular weight is 206 g/mol. The van der Waals surface area contributed by atoms with Crippen LogP contribution in [0.2, 0.25) is 0 Å². The lowest BCUT2D eigenvalue weighted by molar-refractivity contribution is 0.702. The standard InChI is InChI=1S/C13H18S/c1-3-10-4-5-12-9-13(14-2)7-6-11(12)8-10/h4-5,8,13H,3,6-7,9H2,1-2H3. The van der Waals surface area contributed by atoms with Crippen LogP contribution in [-0.4, -0.2) is 11.5 Å². The van der Waals surface area contributed by atoms with E-state index in [2.05, 4.69) is 31.4 Å². The molecular weight excluding hydrogens is 188 g/mol. The van der Waals surface area contributed by atoms with Gasteiger partial charge in [0, 0.05) is 5.25 Å². The van der Waals surface area contributed by atoms with Gasteiger partial charge in [-0.05, 0) is 48.6 Å². The highest BCUT2D eigenvalue weighted by Gasteiger charge is 2.17. The molecule has 0 saturated heterocycles. The van der Waals surface area contributed by atoms with Crippen molar-refractivity contribution in [3.05, 3.63) is 34.9 Å². The number of hydrogen-bond acceptors (Lipinski definition) is 1. The van der Waals surface area contributed by atoms with E-state index in [1.165, 1.54) is 31.2 Å². The van der Waals surface area contributed by atoms with Crippen LogP contribution in [0.15, 0.2) is 18.2 Å². The van der Waals surface area contributed by atoms with E-state index < -0.39 is 0 Å². The molecular formula is C13H18S. The Hall–Kier alpha value is -0.430. The van der Waals surface area contributed by atoms with Crippen LogP contribution in [0.5, 0.6) is 0 Å². The molecule has 0 saturated carbocycles. The van der Waals surface area contributed by atoms with Crippen LogP contribution >= 0.6 is 11.8 Å². The normalized spacial score (nSPS) is 20.6. The second kappa shape index (κ2) is 4.39. The van der Waals surface area contributed by atoms with E-state index in [0.717, 1.165) is 5.25 Å².